The number of benzene rings is 1. The van der Waals surface area contributed by atoms with Gasteiger partial charge in [-0.1, -0.05) is 28.9 Å². The smallest absolute Gasteiger partial charge is 0.129 e. The van der Waals surface area contributed by atoms with Crippen LogP contribution in [-0.4, -0.2) is 22.9 Å². The second kappa shape index (κ2) is 7.18. The zero-order chi connectivity index (χ0) is 15.4. The molecule has 3 nitrogen and oxygen atoms in total. The van der Waals surface area contributed by atoms with Crippen molar-refractivity contribution >= 4 is 15.9 Å². The highest BCUT2D eigenvalue weighted by Crippen LogP contribution is 2.19. The van der Waals surface area contributed by atoms with Gasteiger partial charge in [0.1, 0.15) is 5.82 Å². The largest absolute Gasteiger partial charge is 0.317 e. The molecule has 0 amide bonds. The van der Waals surface area contributed by atoms with E-state index in [1.807, 2.05) is 17.7 Å². The Labute approximate surface area is 133 Å². The number of nitrogens with zero attached hydrogens (tertiary/aromatic N) is 2. The predicted molar refractivity (Wildman–Crippen MR) is 87.2 cm³/mol. The Morgan fingerprint density at radius 3 is 2.76 bits per heavy atom. The average molecular weight is 354 g/mol. The number of aromatic nitrogens is 2. The van der Waals surface area contributed by atoms with Crippen LogP contribution in [0.5, 0.6) is 0 Å². The molecule has 5 heteroatoms. The SMILES string of the molecule is CCNCCc1c(C)nn(Cc2ccc(Br)cc2F)c1C. The topological polar surface area (TPSA) is 29.9 Å². The van der Waals surface area contributed by atoms with Gasteiger partial charge >= 0.3 is 0 Å². The van der Waals surface area contributed by atoms with Crippen LogP contribution in [0.15, 0.2) is 22.7 Å². The lowest BCUT2D eigenvalue weighted by Gasteiger charge is -2.07. The molecule has 1 aromatic carbocycles. The molecular formula is C16H21BrFN3. The van der Waals surface area contributed by atoms with Crippen LogP contribution in [0.2, 0.25) is 0 Å². The molecule has 1 heterocycles. The fraction of sp³-hybridized carbons (Fsp3) is 0.438. The van der Waals surface area contributed by atoms with Crippen molar-refractivity contribution in [2.75, 3.05) is 13.1 Å². The van der Waals surface area contributed by atoms with Crippen molar-refractivity contribution in [3.05, 3.63) is 51.0 Å². The fourth-order valence-corrected chi connectivity index (χ4v) is 2.78. The van der Waals surface area contributed by atoms with Gasteiger partial charge in [0.15, 0.2) is 0 Å². The summed E-state index contributed by atoms with van der Waals surface area (Å²) in [5.74, 6) is -0.203. The minimum Gasteiger partial charge on any atom is -0.317 e. The summed E-state index contributed by atoms with van der Waals surface area (Å²) in [6.07, 6.45) is 0.953. The number of likely N-dealkylation sites (N-methyl/N-ethyl adjacent to an activating group) is 1. The van der Waals surface area contributed by atoms with Crippen molar-refractivity contribution in [3.63, 3.8) is 0 Å². The average Bonchev–Trinajstić information content (AvgIpc) is 2.69. The van der Waals surface area contributed by atoms with Crippen molar-refractivity contribution in [1.29, 1.82) is 0 Å². The molecule has 21 heavy (non-hydrogen) atoms. The van der Waals surface area contributed by atoms with E-state index in [2.05, 4.69) is 40.2 Å². The summed E-state index contributed by atoms with van der Waals surface area (Å²) in [7, 11) is 0. The molecule has 0 saturated heterocycles. The highest BCUT2D eigenvalue weighted by Gasteiger charge is 2.13. The number of aryl methyl sites for hydroxylation is 1. The monoisotopic (exact) mass is 353 g/mol. The first kappa shape index (κ1) is 16.2. The Hall–Kier alpha value is -1.20. The molecule has 0 spiro atoms. The Morgan fingerprint density at radius 1 is 1.33 bits per heavy atom. The number of halogens is 2. The van der Waals surface area contributed by atoms with E-state index in [-0.39, 0.29) is 5.82 Å². The van der Waals surface area contributed by atoms with Crippen LogP contribution in [-0.2, 0) is 13.0 Å². The van der Waals surface area contributed by atoms with Gasteiger partial charge in [-0.3, -0.25) is 4.68 Å². The zero-order valence-electron chi connectivity index (χ0n) is 12.7. The van der Waals surface area contributed by atoms with Gasteiger partial charge in [-0.05, 0) is 51.1 Å². The van der Waals surface area contributed by atoms with Gasteiger partial charge in [0.05, 0.1) is 12.2 Å². The second-order valence-corrected chi connectivity index (χ2v) is 6.06. The first-order valence-electron chi connectivity index (χ1n) is 7.20. The lowest BCUT2D eigenvalue weighted by Crippen LogP contribution is -2.16. The molecule has 0 atom stereocenters. The molecule has 114 valence electrons. The Kier molecular flexibility index (Phi) is 5.53. The molecule has 0 unspecified atom stereocenters. The van der Waals surface area contributed by atoms with E-state index in [4.69, 9.17) is 0 Å². The molecule has 2 rings (SSSR count). The van der Waals surface area contributed by atoms with E-state index in [1.54, 1.807) is 6.07 Å². The molecule has 0 aliphatic rings. The van der Waals surface area contributed by atoms with Gasteiger partial charge in [-0.15, -0.1) is 0 Å². The van der Waals surface area contributed by atoms with Crippen molar-refractivity contribution in [2.24, 2.45) is 0 Å². The maximum absolute atomic E-state index is 13.9. The maximum atomic E-state index is 13.9. The fourth-order valence-electron chi connectivity index (χ4n) is 2.45. The Bertz CT molecular complexity index is 622. The van der Waals surface area contributed by atoms with E-state index in [9.17, 15) is 4.39 Å². The van der Waals surface area contributed by atoms with E-state index >= 15 is 0 Å². The van der Waals surface area contributed by atoms with Gasteiger partial charge in [0.25, 0.3) is 0 Å². The third-order valence-corrected chi connectivity index (χ3v) is 4.16. The Morgan fingerprint density at radius 2 is 2.10 bits per heavy atom. The molecule has 0 bridgehead atoms. The molecule has 1 aromatic heterocycles. The summed E-state index contributed by atoms with van der Waals surface area (Å²) in [6.45, 7) is 8.54. The van der Waals surface area contributed by atoms with Gasteiger partial charge in [-0.2, -0.15) is 5.10 Å². The number of rotatable bonds is 6. The summed E-state index contributed by atoms with van der Waals surface area (Å²) in [5, 5.41) is 7.88. The van der Waals surface area contributed by atoms with Gasteiger partial charge in [0, 0.05) is 15.7 Å². The van der Waals surface area contributed by atoms with Crippen LogP contribution in [0.25, 0.3) is 0 Å². The molecule has 0 fully saturated rings. The minimum absolute atomic E-state index is 0.203. The molecular weight excluding hydrogens is 333 g/mol. The quantitative estimate of drug-likeness (QED) is 0.804. The summed E-state index contributed by atoms with van der Waals surface area (Å²) >= 11 is 3.28. The predicted octanol–water partition coefficient (Wildman–Crippen LogP) is 3.60. The van der Waals surface area contributed by atoms with Gasteiger partial charge < -0.3 is 5.32 Å². The maximum Gasteiger partial charge on any atom is 0.129 e. The standard InChI is InChI=1S/C16H21BrFN3/c1-4-19-8-7-15-11(2)20-21(12(15)3)10-13-5-6-14(17)9-16(13)18/h5-6,9,19H,4,7-8,10H2,1-3H3. The summed E-state index contributed by atoms with van der Waals surface area (Å²) < 4.78 is 16.6. The Balaban J connectivity index is 2.19. The zero-order valence-corrected chi connectivity index (χ0v) is 14.3. The first-order chi connectivity index (χ1) is 10.0. The number of nitrogens with one attached hydrogen (secondary N) is 1. The van der Waals surface area contributed by atoms with Crippen molar-refractivity contribution in [2.45, 2.75) is 33.7 Å². The summed E-state index contributed by atoms with van der Waals surface area (Å²) in [5.41, 5.74) is 4.06. The highest BCUT2D eigenvalue weighted by atomic mass is 79.9. The van der Waals surface area contributed by atoms with E-state index in [1.165, 1.54) is 11.6 Å². The van der Waals surface area contributed by atoms with Crippen LogP contribution in [0.4, 0.5) is 4.39 Å². The number of hydrogen-bond donors (Lipinski definition) is 1. The summed E-state index contributed by atoms with van der Waals surface area (Å²) in [6, 6.07) is 5.15. The second-order valence-electron chi connectivity index (χ2n) is 5.15. The van der Waals surface area contributed by atoms with Gasteiger partial charge in [0.2, 0.25) is 0 Å². The summed E-state index contributed by atoms with van der Waals surface area (Å²) in [4.78, 5) is 0. The molecule has 0 aliphatic carbocycles. The van der Waals surface area contributed by atoms with Gasteiger partial charge in [-0.25, -0.2) is 4.39 Å². The number of hydrogen-bond acceptors (Lipinski definition) is 2. The van der Waals surface area contributed by atoms with Crippen LogP contribution in [0.3, 0.4) is 0 Å². The van der Waals surface area contributed by atoms with E-state index in [0.717, 1.165) is 35.4 Å². The normalized spacial score (nSPS) is 11.1. The molecule has 2 aromatic rings. The lowest BCUT2D eigenvalue weighted by molar-refractivity contribution is 0.577. The third kappa shape index (κ3) is 3.92. The van der Waals surface area contributed by atoms with Crippen LogP contribution >= 0.6 is 15.9 Å². The highest BCUT2D eigenvalue weighted by molar-refractivity contribution is 9.10. The van der Waals surface area contributed by atoms with Crippen molar-refractivity contribution < 1.29 is 4.39 Å². The van der Waals surface area contributed by atoms with Crippen LogP contribution < -0.4 is 5.32 Å². The molecule has 1 N–H and O–H groups in total. The molecule has 0 radical (unpaired) electrons. The first-order valence-corrected chi connectivity index (χ1v) is 7.99. The third-order valence-electron chi connectivity index (χ3n) is 3.67. The van der Waals surface area contributed by atoms with Crippen molar-refractivity contribution in [1.82, 2.24) is 15.1 Å². The van der Waals surface area contributed by atoms with E-state index < -0.39 is 0 Å². The molecule has 0 saturated carbocycles. The van der Waals surface area contributed by atoms with Crippen LogP contribution in [0.1, 0.15) is 29.4 Å². The molecule has 0 aliphatic heterocycles. The van der Waals surface area contributed by atoms with E-state index in [0.29, 0.717) is 12.1 Å². The van der Waals surface area contributed by atoms with Crippen molar-refractivity contribution in [3.8, 4) is 0 Å². The minimum atomic E-state index is -0.203. The lowest BCUT2D eigenvalue weighted by atomic mass is 10.1. The van der Waals surface area contributed by atoms with Crippen LogP contribution in [0, 0.1) is 19.7 Å².